The third kappa shape index (κ3) is 6.64. The normalized spacial score (nSPS) is 18.1. The molecule has 1 aliphatic rings. The number of guanidine groups is 1. The zero-order chi connectivity index (χ0) is 18.1. The first-order chi connectivity index (χ1) is 12.1. The van der Waals surface area contributed by atoms with Gasteiger partial charge in [0.05, 0.1) is 6.54 Å². The van der Waals surface area contributed by atoms with E-state index in [2.05, 4.69) is 29.1 Å². The molecule has 1 saturated heterocycles. The molecule has 1 atom stereocenters. The van der Waals surface area contributed by atoms with Crippen molar-refractivity contribution in [1.82, 2.24) is 10.2 Å². The molecule has 1 amide bonds. The lowest BCUT2D eigenvalue weighted by atomic mass is 9.95. The number of nitrogens with zero attached hydrogens (tertiary/aromatic N) is 2. The van der Waals surface area contributed by atoms with Crippen molar-refractivity contribution in [1.29, 1.82) is 0 Å². The molecule has 1 unspecified atom stereocenters. The molecule has 138 valence electrons. The molecule has 6 nitrogen and oxygen atoms in total. The minimum Gasteiger partial charge on any atom is -0.492 e. The van der Waals surface area contributed by atoms with Gasteiger partial charge in [0, 0.05) is 26.1 Å². The Morgan fingerprint density at radius 3 is 2.84 bits per heavy atom. The second-order valence-electron chi connectivity index (χ2n) is 6.52. The minimum atomic E-state index is -0.222. The van der Waals surface area contributed by atoms with Crippen LogP contribution in [0.5, 0.6) is 5.75 Å². The number of carbonyl (C=O) groups excluding carboxylic acids is 1. The van der Waals surface area contributed by atoms with Crippen LogP contribution in [0.15, 0.2) is 29.3 Å². The monoisotopic (exact) mass is 346 g/mol. The zero-order valence-electron chi connectivity index (χ0n) is 15.3. The van der Waals surface area contributed by atoms with Crippen LogP contribution >= 0.6 is 0 Å². The van der Waals surface area contributed by atoms with Gasteiger partial charge in [0.2, 0.25) is 5.91 Å². The molecule has 3 N–H and O–H groups in total. The summed E-state index contributed by atoms with van der Waals surface area (Å²) in [4.78, 5) is 18.1. The fraction of sp³-hybridized carbons (Fsp3) is 0.579. The second kappa shape index (κ2) is 9.91. The van der Waals surface area contributed by atoms with Crippen LogP contribution in [0.4, 0.5) is 0 Å². The molecule has 2 rings (SSSR count). The van der Waals surface area contributed by atoms with Gasteiger partial charge in [-0.25, -0.2) is 4.99 Å². The van der Waals surface area contributed by atoms with Gasteiger partial charge in [0.15, 0.2) is 5.96 Å². The van der Waals surface area contributed by atoms with Crippen LogP contribution in [-0.4, -0.2) is 49.6 Å². The number of amides is 1. The fourth-order valence-electron chi connectivity index (χ4n) is 3.08. The summed E-state index contributed by atoms with van der Waals surface area (Å²) in [6.07, 6.45) is 2.56. The predicted octanol–water partition coefficient (Wildman–Crippen LogP) is 1.93. The maximum absolute atomic E-state index is 11.2. The van der Waals surface area contributed by atoms with Gasteiger partial charge in [0.25, 0.3) is 0 Å². The lowest BCUT2D eigenvalue weighted by Crippen LogP contribution is -2.47. The number of rotatable bonds is 7. The van der Waals surface area contributed by atoms with Crippen molar-refractivity contribution in [2.24, 2.45) is 16.6 Å². The van der Waals surface area contributed by atoms with Gasteiger partial charge in [0.1, 0.15) is 12.4 Å². The average molecular weight is 346 g/mol. The lowest BCUT2D eigenvalue weighted by Gasteiger charge is -2.34. The fourth-order valence-corrected chi connectivity index (χ4v) is 3.08. The number of piperidine rings is 1. The maximum Gasteiger partial charge on any atom is 0.217 e. The van der Waals surface area contributed by atoms with Crippen LogP contribution in [0, 0.1) is 12.8 Å². The Balaban J connectivity index is 1.86. The minimum absolute atomic E-state index is 0.222. The third-order valence-corrected chi connectivity index (χ3v) is 4.29. The van der Waals surface area contributed by atoms with Gasteiger partial charge in [-0.05, 0) is 44.7 Å². The Bertz CT molecular complexity index is 571. The number of ether oxygens (including phenoxy) is 1. The first kappa shape index (κ1) is 19.1. The lowest BCUT2D eigenvalue weighted by molar-refractivity contribution is -0.119. The molecular weight excluding hydrogens is 316 g/mol. The van der Waals surface area contributed by atoms with Crippen LogP contribution in [0.1, 0.15) is 31.7 Å². The molecule has 0 aromatic heterocycles. The van der Waals surface area contributed by atoms with Gasteiger partial charge in [-0.15, -0.1) is 0 Å². The smallest absolute Gasteiger partial charge is 0.217 e. The van der Waals surface area contributed by atoms with Crippen LogP contribution in [0.25, 0.3) is 0 Å². The van der Waals surface area contributed by atoms with Crippen LogP contribution in [-0.2, 0) is 4.79 Å². The molecule has 0 spiro atoms. The van der Waals surface area contributed by atoms with Crippen LogP contribution < -0.4 is 15.8 Å². The number of nitrogens with one attached hydrogen (secondary N) is 1. The highest BCUT2D eigenvalue weighted by molar-refractivity contribution is 5.80. The summed E-state index contributed by atoms with van der Waals surface area (Å²) in [5, 5.41) is 3.34. The van der Waals surface area contributed by atoms with Crippen molar-refractivity contribution < 1.29 is 9.53 Å². The summed E-state index contributed by atoms with van der Waals surface area (Å²) in [7, 11) is 0. The largest absolute Gasteiger partial charge is 0.492 e. The Kier molecular flexibility index (Phi) is 7.57. The first-order valence-electron chi connectivity index (χ1n) is 9.09. The summed E-state index contributed by atoms with van der Waals surface area (Å²) in [5.74, 6) is 1.86. The van der Waals surface area contributed by atoms with E-state index in [9.17, 15) is 4.79 Å². The van der Waals surface area contributed by atoms with E-state index in [4.69, 9.17) is 10.5 Å². The number of aryl methyl sites for hydroxylation is 1. The number of likely N-dealkylation sites (tertiary alicyclic amines) is 1. The van der Waals surface area contributed by atoms with E-state index in [1.807, 2.05) is 24.3 Å². The van der Waals surface area contributed by atoms with E-state index < -0.39 is 0 Å². The van der Waals surface area contributed by atoms with Gasteiger partial charge < -0.3 is 20.7 Å². The summed E-state index contributed by atoms with van der Waals surface area (Å²) in [5.41, 5.74) is 6.56. The quantitative estimate of drug-likeness (QED) is 0.449. The van der Waals surface area contributed by atoms with Gasteiger partial charge in [-0.3, -0.25) is 4.79 Å². The molecule has 0 aliphatic carbocycles. The van der Waals surface area contributed by atoms with E-state index in [0.29, 0.717) is 25.5 Å². The standard InChI is InChI=1S/C19H30N4O2/c1-3-21-19(23-11-4-5-16(14-23)13-18(20)24)22-10-12-25-17-8-6-15(2)7-9-17/h6-9,16H,3-5,10-14H2,1-2H3,(H2,20,24)(H,21,22). The van der Waals surface area contributed by atoms with Crippen molar-refractivity contribution in [2.45, 2.75) is 33.1 Å². The Morgan fingerprint density at radius 1 is 1.40 bits per heavy atom. The predicted molar refractivity (Wildman–Crippen MR) is 101 cm³/mol. The number of hydrogen-bond acceptors (Lipinski definition) is 3. The van der Waals surface area contributed by atoms with Crippen molar-refractivity contribution in [2.75, 3.05) is 32.8 Å². The molecule has 0 radical (unpaired) electrons. The average Bonchev–Trinajstić information content (AvgIpc) is 2.59. The van der Waals surface area contributed by atoms with Gasteiger partial charge in [-0.1, -0.05) is 17.7 Å². The molecule has 6 heteroatoms. The highest BCUT2D eigenvalue weighted by Gasteiger charge is 2.23. The van der Waals surface area contributed by atoms with Gasteiger partial charge >= 0.3 is 0 Å². The molecule has 0 bridgehead atoms. The number of hydrogen-bond donors (Lipinski definition) is 2. The number of primary amides is 1. The van der Waals surface area contributed by atoms with Crippen molar-refractivity contribution in [3.05, 3.63) is 29.8 Å². The highest BCUT2D eigenvalue weighted by atomic mass is 16.5. The highest BCUT2D eigenvalue weighted by Crippen LogP contribution is 2.19. The summed E-state index contributed by atoms with van der Waals surface area (Å²) >= 11 is 0. The van der Waals surface area contributed by atoms with Gasteiger partial charge in [-0.2, -0.15) is 0 Å². The summed E-state index contributed by atoms with van der Waals surface area (Å²) < 4.78 is 5.74. The zero-order valence-corrected chi connectivity index (χ0v) is 15.3. The molecule has 1 aromatic rings. The third-order valence-electron chi connectivity index (χ3n) is 4.29. The maximum atomic E-state index is 11.2. The van der Waals surface area contributed by atoms with Crippen LogP contribution in [0.2, 0.25) is 0 Å². The SMILES string of the molecule is CCNC(=NCCOc1ccc(C)cc1)N1CCCC(CC(N)=O)C1. The molecule has 25 heavy (non-hydrogen) atoms. The van der Waals surface area contributed by atoms with E-state index in [1.54, 1.807) is 0 Å². The molecule has 1 aromatic carbocycles. The van der Waals surface area contributed by atoms with E-state index in [0.717, 1.165) is 44.2 Å². The summed E-state index contributed by atoms with van der Waals surface area (Å²) in [6.45, 7) is 7.84. The Hall–Kier alpha value is -2.24. The topological polar surface area (TPSA) is 80.0 Å². The second-order valence-corrected chi connectivity index (χ2v) is 6.52. The number of carbonyl (C=O) groups is 1. The van der Waals surface area contributed by atoms with E-state index in [-0.39, 0.29) is 5.91 Å². The summed E-state index contributed by atoms with van der Waals surface area (Å²) in [6, 6.07) is 8.02. The van der Waals surface area contributed by atoms with E-state index >= 15 is 0 Å². The molecule has 0 saturated carbocycles. The number of aliphatic imine (C=N–C) groups is 1. The van der Waals surface area contributed by atoms with Crippen molar-refractivity contribution in [3.63, 3.8) is 0 Å². The van der Waals surface area contributed by atoms with E-state index in [1.165, 1.54) is 5.56 Å². The molecular formula is C19H30N4O2. The number of nitrogens with two attached hydrogens (primary N) is 1. The number of benzene rings is 1. The molecule has 1 fully saturated rings. The Labute approximate surface area is 150 Å². The molecule has 1 heterocycles. The Morgan fingerprint density at radius 2 is 2.16 bits per heavy atom. The first-order valence-corrected chi connectivity index (χ1v) is 9.09. The van der Waals surface area contributed by atoms with Crippen molar-refractivity contribution in [3.8, 4) is 5.75 Å². The molecule has 1 aliphatic heterocycles. The van der Waals surface area contributed by atoms with Crippen LogP contribution in [0.3, 0.4) is 0 Å². The van der Waals surface area contributed by atoms with Crippen molar-refractivity contribution >= 4 is 11.9 Å².